The van der Waals surface area contributed by atoms with Crippen LogP contribution >= 0.6 is 15.9 Å². The molecule has 0 radical (unpaired) electrons. The Balaban J connectivity index is 2.43. The lowest BCUT2D eigenvalue weighted by Crippen LogP contribution is -2.36. The summed E-state index contributed by atoms with van der Waals surface area (Å²) in [4.78, 5) is 11.5. The zero-order valence-corrected chi connectivity index (χ0v) is 10.6. The van der Waals surface area contributed by atoms with Crippen LogP contribution in [0.5, 0.6) is 0 Å². The fraction of sp³-hybridized carbons (Fsp3) is 0.364. The van der Waals surface area contributed by atoms with Crippen molar-refractivity contribution in [1.29, 1.82) is 0 Å². The molecule has 0 heterocycles. The van der Waals surface area contributed by atoms with E-state index in [2.05, 4.69) is 26.6 Å². The van der Waals surface area contributed by atoms with Crippen molar-refractivity contribution in [2.45, 2.75) is 13.0 Å². The molecule has 1 aromatic carbocycles. The summed E-state index contributed by atoms with van der Waals surface area (Å²) in [5.41, 5.74) is 0.742. The first-order valence-electron chi connectivity index (χ1n) is 5.02. The summed E-state index contributed by atoms with van der Waals surface area (Å²) in [6.45, 7) is 2.01. The number of aliphatic hydroxyl groups excluding tert-OH is 1. The molecule has 0 aliphatic heterocycles. The van der Waals surface area contributed by atoms with Crippen molar-refractivity contribution in [3.05, 3.63) is 28.7 Å². The number of anilines is 1. The summed E-state index contributed by atoms with van der Waals surface area (Å²) in [5.74, 6) is -0.132. The molecule has 0 fully saturated rings. The summed E-state index contributed by atoms with van der Waals surface area (Å²) >= 11 is 3.34. The quantitative estimate of drug-likeness (QED) is 0.766. The molecule has 4 nitrogen and oxygen atoms in total. The van der Waals surface area contributed by atoms with Gasteiger partial charge in [0.1, 0.15) is 0 Å². The second kappa shape index (κ2) is 6.62. The van der Waals surface area contributed by atoms with E-state index in [1.807, 2.05) is 31.2 Å². The normalized spacial score (nSPS) is 12.2. The lowest BCUT2D eigenvalue weighted by Gasteiger charge is -2.11. The average Bonchev–Trinajstić information content (AvgIpc) is 2.29. The maximum Gasteiger partial charge on any atom is 0.238 e. The molecule has 0 bridgehead atoms. The van der Waals surface area contributed by atoms with Gasteiger partial charge in [-0.3, -0.25) is 4.79 Å². The van der Waals surface area contributed by atoms with Crippen molar-refractivity contribution in [1.82, 2.24) is 5.32 Å². The van der Waals surface area contributed by atoms with Crippen molar-refractivity contribution < 1.29 is 9.90 Å². The molecule has 1 unspecified atom stereocenters. The van der Waals surface area contributed by atoms with Gasteiger partial charge in [-0.25, -0.2) is 0 Å². The summed E-state index contributed by atoms with van der Waals surface area (Å²) in [7, 11) is 0. The number of hydrogen-bond acceptors (Lipinski definition) is 3. The van der Waals surface area contributed by atoms with Crippen LogP contribution in [0.25, 0.3) is 0 Å². The lowest BCUT2D eigenvalue weighted by atomic mass is 10.3. The van der Waals surface area contributed by atoms with Gasteiger partial charge in [0, 0.05) is 10.5 Å². The van der Waals surface area contributed by atoms with Gasteiger partial charge in [0.2, 0.25) is 5.91 Å². The topological polar surface area (TPSA) is 61.4 Å². The van der Waals surface area contributed by atoms with Gasteiger partial charge in [0.25, 0.3) is 0 Å². The molecule has 0 aliphatic carbocycles. The Hall–Kier alpha value is -0.910. The fourth-order valence-corrected chi connectivity index (χ4v) is 1.47. The molecule has 1 amide bonds. The first-order chi connectivity index (χ1) is 7.63. The highest BCUT2D eigenvalue weighted by molar-refractivity contribution is 9.10. The largest absolute Gasteiger partial charge is 0.395 e. The number of halogens is 1. The predicted molar refractivity (Wildman–Crippen MR) is 67.3 cm³/mol. The predicted octanol–water partition coefficient (Wildman–Crippen LogP) is 1.36. The van der Waals surface area contributed by atoms with Crippen LogP contribution in [0, 0.1) is 0 Å². The smallest absolute Gasteiger partial charge is 0.238 e. The van der Waals surface area contributed by atoms with Crippen molar-refractivity contribution in [2.24, 2.45) is 0 Å². The summed E-state index contributed by atoms with van der Waals surface area (Å²) in [5, 5.41) is 14.4. The van der Waals surface area contributed by atoms with Crippen molar-refractivity contribution in [3.8, 4) is 0 Å². The zero-order valence-electron chi connectivity index (χ0n) is 9.03. The molecule has 88 valence electrons. The van der Waals surface area contributed by atoms with E-state index in [9.17, 15) is 4.79 Å². The molecular weight excluding hydrogens is 272 g/mol. The second-order valence-corrected chi connectivity index (χ2v) is 4.35. The Morgan fingerprint density at radius 2 is 2.19 bits per heavy atom. The van der Waals surface area contributed by atoms with Crippen LogP contribution < -0.4 is 10.6 Å². The summed E-state index contributed by atoms with van der Waals surface area (Å²) in [6.07, 6.45) is 0. The highest BCUT2D eigenvalue weighted by Gasteiger charge is 2.06. The second-order valence-electron chi connectivity index (χ2n) is 3.49. The molecule has 3 N–H and O–H groups in total. The average molecular weight is 287 g/mol. The SMILES string of the molecule is CC(CO)NCC(=O)Nc1ccccc1Br. The van der Waals surface area contributed by atoms with Crippen LogP contribution in [-0.4, -0.2) is 30.2 Å². The van der Waals surface area contributed by atoms with E-state index in [0.717, 1.165) is 10.2 Å². The third-order valence-electron chi connectivity index (χ3n) is 2.03. The minimum Gasteiger partial charge on any atom is -0.395 e. The number of para-hydroxylation sites is 1. The van der Waals surface area contributed by atoms with Crippen molar-refractivity contribution in [2.75, 3.05) is 18.5 Å². The van der Waals surface area contributed by atoms with E-state index in [0.29, 0.717) is 0 Å². The standard InChI is InChI=1S/C11H15BrN2O2/c1-8(7-15)13-6-11(16)14-10-5-3-2-4-9(10)12/h2-5,8,13,15H,6-7H2,1H3,(H,14,16). The van der Waals surface area contributed by atoms with E-state index >= 15 is 0 Å². The Labute approximate surface area is 103 Å². The molecule has 0 aliphatic rings. The van der Waals surface area contributed by atoms with Gasteiger partial charge >= 0.3 is 0 Å². The highest BCUT2D eigenvalue weighted by Crippen LogP contribution is 2.20. The Morgan fingerprint density at radius 1 is 1.50 bits per heavy atom. The first kappa shape index (κ1) is 13.2. The third-order valence-corrected chi connectivity index (χ3v) is 2.72. The van der Waals surface area contributed by atoms with E-state index in [1.165, 1.54) is 0 Å². The number of carbonyl (C=O) groups is 1. The first-order valence-corrected chi connectivity index (χ1v) is 5.81. The van der Waals surface area contributed by atoms with Gasteiger partial charge in [-0.1, -0.05) is 12.1 Å². The Kier molecular flexibility index (Phi) is 5.45. The fourth-order valence-electron chi connectivity index (χ4n) is 1.09. The number of benzene rings is 1. The number of nitrogens with one attached hydrogen (secondary N) is 2. The van der Waals surface area contributed by atoms with Crippen LogP contribution in [0.4, 0.5) is 5.69 Å². The molecule has 0 spiro atoms. The molecule has 1 atom stereocenters. The number of carbonyl (C=O) groups excluding carboxylic acids is 1. The molecule has 1 aromatic rings. The van der Waals surface area contributed by atoms with Crippen LogP contribution in [0.15, 0.2) is 28.7 Å². The number of amides is 1. The molecule has 0 saturated carbocycles. The van der Waals surface area contributed by atoms with E-state index in [4.69, 9.17) is 5.11 Å². The third kappa shape index (κ3) is 4.30. The van der Waals surface area contributed by atoms with Crippen LogP contribution in [0.1, 0.15) is 6.92 Å². The minimum absolute atomic E-state index is 0.0162. The number of hydrogen-bond donors (Lipinski definition) is 3. The molecule has 1 rings (SSSR count). The van der Waals surface area contributed by atoms with Gasteiger partial charge in [0.05, 0.1) is 18.8 Å². The minimum atomic E-state index is -0.132. The molecule has 0 aromatic heterocycles. The van der Waals surface area contributed by atoms with E-state index in [-0.39, 0.29) is 25.1 Å². The Morgan fingerprint density at radius 3 is 2.81 bits per heavy atom. The van der Waals surface area contributed by atoms with Crippen molar-refractivity contribution >= 4 is 27.5 Å². The molecular formula is C11H15BrN2O2. The highest BCUT2D eigenvalue weighted by atomic mass is 79.9. The van der Waals surface area contributed by atoms with Crippen LogP contribution in [0.2, 0.25) is 0 Å². The Bertz CT molecular complexity index is 358. The monoisotopic (exact) mass is 286 g/mol. The number of aliphatic hydroxyl groups is 1. The lowest BCUT2D eigenvalue weighted by molar-refractivity contribution is -0.115. The maximum atomic E-state index is 11.5. The van der Waals surface area contributed by atoms with Crippen LogP contribution in [0.3, 0.4) is 0 Å². The van der Waals surface area contributed by atoms with Gasteiger partial charge in [-0.15, -0.1) is 0 Å². The van der Waals surface area contributed by atoms with Gasteiger partial charge in [-0.05, 0) is 35.0 Å². The summed E-state index contributed by atoms with van der Waals surface area (Å²) < 4.78 is 0.846. The van der Waals surface area contributed by atoms with E-state index in [1.54, 1.807) is 0 Å². The van der Waals surface area contributed by atoms with Gasteiger partial charge < -0.3 is 15.7 Å². The van der Waals surface area contributed by atoms with Gasteiger partial charge in [0.15, 0.2) is 0 Å². The molecule has 5 heteroatoms. The molecule has 16 heavy (non-hydrogen) atoms. The molecule has 0 saturated heterocycles. The van der Waals surface area contributed by atoms with Crippen molar-refractivity contribution in [3.63, 3.8) is 0 Å². The van der Waals surface area contributed by atoms with Gasteiger partial charge in [-0.2, -0.15) is 0 Å². The zero-order chi connectivity index (χ0) is 12.0. The van der Waals surface area contributed by atoms with Crippen LogP contribution in [-0.2, 0) is 4.79 Å². The number of rotatable bonds is 5. The van der Waals surface area contributed by atoms with E-state index < -0.39 is 0 Å². The maximum absolute atomic E-state index is 11.5. The summed E-state index contributed by atoms with van der Waals surface area (Å²) in [6, 6.07) is 7.33.